The van der Waals surface area contributed by atoms with Gasteiger partial charge in [0.1, 0.15) is 18.3 Å². The van der Waals surface area contributed by atoms with Crippen LogP contribution in [0.2, 0.25) is 0 Å². The molecule has 1 atom stereocenters. The number of aliphatic hydroxyl groups is 1. The lowest BCUT2D eigenvalue weighted by Gasteiger charge is -2.19. The predicted octanol–water partition coefficient (Wildman–Crippen LogP) is 3.80. The second-order valence-electron chi connectivity index (χ2n) is 6.38. The Morgan fingerprint density at radius 3 is 1.96 bits per heavy atom. The van der Waals surface area contributed by atoms with Crippen molar-refractivity contribution >= 4 is 11.8 Å². The maximum Gasteiger partial charge on any atom is 0.314 e. The highest BCUT2D eigenvalue weighted by molar-refractivity contribution is 5.95. The highest BCUT2D eigenvalue weighted by Crippen LogP contribution is 2.26. The number of Topliss-reactive ketones (excluding diaryl/α,β-unsaturated/α-hetero) is 1. The third kappa shape index (κ3) is 5.34. The molecule has 0 amide bonds. The van der Waals surface area contributed by atoms with Gasteiger partial charge in [-0.2, -0.15) is 0 Å². The van der Waals surface area contributed by atoms with Crippen LogP contribution in [0.25, 0.3) is 0 Å². The van der Waals surface area contributed by atoms with Gasteiger partial charge < -0.3 is 9.84 Å². The summed E-state index contributed by atoms with van der Waals surface area (Å²) in [6.07, 6.45) is -0.682. The van der Waals surface area contributed by atoms with Crippen molar-refractivity contribution in [3.63, 3.8) is 0 Å². The molecule has 2 aromatic carbocycles. The lowest BCUT2D eigenvalue weighted by atomic mass is 10.0. The Morgan fingerprint density at radius 2 is 1.43 bits per heavy atom. The fourth-order valence-electron chi connectivity index (χ4n) is 2.88. The van der Waals surface area contributed by atoms with Gasteiger partial charge in [0.2, 0.25) is 0 Å². The Labute approximate surface area is 163 Å². The molecule has 3 rings (SSSR count). The van der Waals surface area contributed by atoms with Crippen LogP contribution in [0.15, 0.2) is 85.1 Å². The van der Waals surface area contributed by atoms with E-state index in [9.17, 15) is 14.7 Å². The number of benzene rings is 2. The number of esters is 1. The molecule has 0 aliphatic rings. The van der Waals surface area contributed by atoms with E-state index in [2.05, 4.69) is 4.98 Å². The summed E-state index contributed by atoms with van der Waals surface area (Å²) in [6, 6.07) is 23.8. The van der Waals surface area contributed by atoms with Gasteiger partial charge in [0.25, 0.3) is 0 Å². The minimum atomic E-state index is -1.04. The molecule has 28 heavy (non-hydrogen) atoms. The van der Waals surface area contributed by atoms with Gasteiger partial charge in [0.05, 0.1) is 5.69 Å². The van der Waals surface area contributed by atoms with E-state index in [1.54, 1.807) is 24.4 Å². The number of aliphatic hydroxyl groups excluding tert-OH is 1. The second-order valence-corrected chi connectivity index (χ2v) is 6.38. The second kappa shape index (κ2) is 9.58. The molecule has 0 aliphatic heterocycles. The van der Waals surface area contributed by atoms with Crippen molar-refractivity contribution in [3.05, 3.63) is 102 Å². The van der Waals surface area contributed by atoms with Gasteiger partial charge in [-0.3, -0.25) is 14.6 Å². The van der Waals surface area contributed by atoms with Crippen LogP contribution < -0.4 is 0 Å². The standard InChI is InChI=1S/C23H21NO4/c25-19(15-21(26)20-13-7-8-14-24-20)16-22(27)28-23(17-9-3-1-4-10-17)18-11-5-2-6-12-18/h1-14,21,23,26H,15-16H2/t21-/m1/s1. The van der Waals surface area contributed by atoms with Crippen molar-refractivity contribution in [2.45, 2.75) is 25.0 Å². The number of rotatable bonds is 8. The molecule has 3 aromatic rings. The summed E-state index contributed by atoms with van der Waals surface area (Å²) in [5, 5.41) is 10.1. The molecule has 142 valence electrons. The molecule has 0 saturated heterocycles. The Balaban J connectivity index is 1.65. The number of ether oxygens (including phenoxy) is 1. The summed E-state index contributed by atoms with van der Waals surface area (Å²) < 4.78 is 5.62. The Morgan fingerprint density at radius 1 is 0.857 bits per heavy atom. The van der Waals surface area contributed by atoms with Crippen LogP contribution in [-0.2, 0) is 14.3 Å². The molecule has 0 fully saturated rings. The molecule has 0 bridgehead atoms. The molecule has 1 aromatic heterocycles. The summed E-state index contributed by atoms with van der Waals surface area (Å²) in [5.41, 5.74) is 2.04. The van der Waals surface area contributed by atoms with Gasteiger partial charge in [-0.05, 0) is 23.3 Å². The first-order valence-electron chi connectivity index (χ1n) is 9.03. The summed E-state index contributed by atoms with van der Waals surface area (Å²) in [6.45, 7) is 0. The number of hydrogen-bond donors (Lipinski definition) is 1. The first-order chi connectivity index (χ1) is 13.6. The third-order valence-corrected chi connectivity index (χ3v) is 4.25. The Bertz CT molecular complexity index is 858. The van der Waals surface area contributed by atoms with E-state index >= 15 is 0 Å². The van der Waals surface area contributed by atoms with Gasteiger partial charge in [0, 0.05) is 12.6 Å². The molecule has 5 heteroatoms. The van der Waals surface area contributed by atoms with Gasteiger partial charge in [-0.15, -0.1) is 0 Å². The molecule has 0 unspecified atom stereocenters. The third-order valence-electron chi connectivity index (χ3n) is 4.25. The molecular weight excluding hydrogens is 354 g/mol. The van der Waals surface area contributed by atoms with Gasteiger partial charge >= 0.3 is 5.97 Å². The van der Waals surface area contributed by atoms with Gasteiger partial charge in [-0.1, -0.05) is 66.7 Å². The molecular formula is C23H21NO4. The maximum atomic E-state index is 12.4. The van der Waals surface area contributed by atoms with Crippen LogP contribution in [0.4, 0.5) is 0 Å². The first-order valence-corrected chi connectivity index (χ1v) is 9.03. The summed E-state index contributed by atoms with van der Waals surface area (Å²) >= 11 is 0. The van der Waals surface area contributed by atoms with E-state index in [1.807, 2.05) is 60.7 Å². The van der Waals surface area contributed by atoms with E-state index in [-0.39, 0.29) is 6.42 Å². The molecule has 0 aliphatic carbocycles. The van der Waals surface area contributed by atoms with Crippen molar-refractivity contribution < 1.29 is 19.4 Å². The molecule has 5 nitrogen and oxygen atoms in total. The van der Waals surface area contributed by atoms with Crippen LogP contribution in [0.5, 0.6) is 0 Å². The van der Waals surface area contributed by atoms with Crippen molar-refractivity contribution in [2.24, 2.45) is 0 Å². The molecule has 0 saturated carbocycles. The van der Waals surface area contributed by atoms with Crippen LogP contribution in [0.1, 0.15) is 41.9 Å². The Kier molecular flexibility index (Phi) is 6.65. The Hall–Kier alpha value is -3.31. The average Bonchev–Trinajstić information content (AvgIpc) is 2.74. The van der Waals surface area contributed by atoms with Crippen LogP contribution in [0.3, 0.4) is 0 Å². The van der Waals surface area contributed by atoms with Crippen molar-refractivity contribution in [1.82, 2.24) is 4.98 Å². The minimum absolute atomic E-state index is 0.187. The minimum Gasteiger partial charge on any atom is -0.452 e. The average molecular weight is 375 g/mol. The number of aromatic nitrogens is 1. The van der Waals surface area contributed by atoms with E-state index in [0.29, 0.717) is 5.69 Å². The number of carbonyl (C=O) groups is 2. The maximum absolute atomic E-state index is 12.4. The van der Waals surface area contributed by atoms with Crippen LogP contribution in [0, 0.1) is 0 Å². The highest BCUT2D eigenvalue weighted by Gasteiger charge is 2.22. The molecule has 1 N–H and O–H groups in total. The zero-order valence-electron chi connectivity index (χ0n) is 15.3. The number of ketones is 1. The van der Waals surface area contributed by atoms with E-state index < -0.39 is 30.4 Å². The number of hydrogen-bond acceptors (Lipinski definition) is 5. The fraction of sp³-hybridized carbons (Fsp3) is 0.174. The zero-order chi connectivity index (χ0) is 19.8. The monoisotopic (exact) mass is 375 g/mol. The highest BCUT2D eigenvalue weighted by atomic mass is 16.5. The van der Waals surface area contributed by atoms with Crippen molar-refractivity contribution in [2.75, 3.05) is 0 Å². The topological polar surface area (TPSA) is 76.5 Å². The number of carbonyl (C=O) groups excluding carboxylic acids is 2. The fourth-order valence-corrected chi connectivity index (χ4v) is 2.88. The van der Waals surface area contributed by atoms with E-state index in [0.717, 1.165) is 11.1 Å². The van der Waals surface area contributed by atoms with Gasteiger partial charge in [-0.25, -0.2) is 0 Å². The van der Waals surface area contributed by atoms with Crippen LogP contribution in [-0.4, -0.2) is 21.8 Å². The van der Waals surface area contributed by atoms with Gasteiger partial charge in [0.15, 0.2) is 6.10 Å². The molecule has 1 heterocycles. The lowest BCUT2D eigenvalue weighted by molar-refractivity contribution is -0.149. The largest absolute Gasteiger partial charge is 0.452 e. The quantitative estimate of drug-likeness (QED) is 0.479. The predicted molar refractivity (Wildman–Crippen MR) is 104 cm³/mol. The lowest BCUT2D eigenvalue weighted by Crippen LogP contribution is -2.17. The van der Waals surface area contributed by atoms with Crippen molar-refractivity contribution in [3.8, 4) is 0 Å². The summed E-state index contributed by atoms with van der Waals surface area (Å²) in [4.78, 5) is 28.6. The first kappa shape index (κ1) is 19.5. The number of pyridine rings is 1. The van der Waals surface area contributed by atoms with E-state index in [1.165, 1.54) is 0 Å². The number of nitrogens with zero attached hydrogens (tertiary/aromatic N) is 1. The smallest absolute Gasteiger partial charge is 0.314 e. The SMILES string of the molecule is O=C(CC(=O)OC(c1ccccc1)c1ccccc1)C[C@@H](O)c1ccccn1. The zero-order valence-corrected chi connectivity index (χ0v) is 15.3. The normalized spacial score (nSPS) is 11.8. The summed E-state index contributed by atoms with van der Waals surface area (Å²) in [7, 11) is 0. The molecule has 0 radical (unpaired) electrons. The summed E-state index contributed by atoms with van der Waals surface area (Å²) in [5.74, 6) is -1.03. The van der Waals surface area contributed by atoms with Crippen LogP contribution >= 0.6 is 0 Å². The molecule has 0 spiro atoms. The van der Waals surface area contributed by atoms with Crippen molar-refractivity contribution in [1.29, 1.82) is 0 Å². The van der Waals surface area contributed by atoms with E-state index in [4.69, 9.17) is 4.74 Å².